The summed E-state index contributed by atoms with van der Waals surface area (Å²) in [4.78, 5) is 17.9. The lowest BCUT2D eigenvalue weighted by Gasteiger charge is -2.49. The standard InChI is InChI=1S/C15H19F3N4O/c16-15(17,18)13-19-7-10-8-21(5-6-22(10)13)12(23)11-14(9-20-11)3-1-2-4-14/h7,11,20H,1-6,8-9H2. The molecule has 1 N–H and O–H groups in total. The Hall–Kier alpha value is -1.57. The number of carbonyl (C=O) groups is 1. The third-order valence-electron chi connectivity index (χ3n) is 5.57. The van der Waals surface area contributed by atoms with Crippen molar-refractivity contribution >= 4 is 5.91 Å². The van der Waals surface area contributed by atoms with Crippen molar-refractivity contribution in [1.82, 2.24) is 19.8 Å². The van der Waals surface area contributed by atoms with Crippen molar-refractivity contribution in [2.45, 2.75) is 51.0 Å². The third kappa shape index (κ3) is 2.26. The predicted molar refractivity (Wildman–Crippen MR) is 75.3 cm³/mol. The SMILES string of the molecule is O=C(C1NCC12CCCC2)N1CCn2c(cnc2C(F)(F)F)C1. The summed E-state index contributed by atoms with van der Waals surface area (Å²) in [6.07, 6.45) is 1.25. The van der Waals surface area contributed by atoms with E-state index in [0.717, 1.165) is 32.2 Å². The molecule has 1 atom stereocenters. The largest absolute Gasteiger partial charge is 0.449 e. The first-order valence-electron chi connectivity index (χ1n) is 8.04. The van der Waals surface area contributed by atoms with E-state index in [-0.39, 0.29) is 30.5 Å². The average molecular weight is 328 g/mol. The van der Waals surface area contributed by atoms with Crippen molar-refractivity contribution < 1.29 is 18.0 Å². The van der Waals surface area contributed by atoms with E-state index in [2.05, 4.69) is 10.3 Å². The fourth-order valence-corrected chi connectivity index (χ4v) is 4.27. The third-order valence-corrected chi connectivity index (χ3v) is 5.57. The molecule has 1 saturated carbocycles. The predicted octanol–water partition coefficient (Wildman–Crippen LogP) is 1.78. The number of alkyl halides is 3. The van der Waals surface area contributed by atoms with Gasteiger partial charge in [0, 0.05) is 25.0 Å². The second kappa shape index (κ2) is 4.96. The van der Waals surface area contributed by atoms with Gasteiger partial charge in [-0.15, -0.1) is 0 Å². The lowest BCUT2D eigenvalue weighted by atomic mass is 9.71. The maximum Gasteiger partial charge on any atom is 0.449 e. The molecule has 1 spiro atoms. The van der Waals surface area contributed by atoms with Gasteiger partial charge in [0.05, 0.1) is 24.5 Å². The maximum atomic E-state index is 12.9. The van der Waals surface area contributed by atoms with Gasteiger partial charge in [0.25, 0.3) is 0 Å². The molecule has 0 bridgehead atoms. The molecule has 126 valence electrons. The zero-order valence-electron chi connectivity index (χ0n) is 12.7. The van der Waals surface area contributed by atoms with E-state index in [1.165, 1.54) is 10.8 Å². The van der Waals surface area contributed by atoms with Crippen LogP contribution in [-0.2, 0) is 24.1 Å². The quantitative estimate of drug-likeness (QED) is 0.855. The summed E-state index contributed by atoms with van der Waals surface area (Å²) in [5.74, 6) is -0.840. The number of imidazole rings is 1. The minimum absolute atomic E-state index is 0.0270. The molecule has 3 aliphatic rings. The van der Waals surface area contributed by atoms with Gasteiger partial charge in [0.2, 0.25) is 11.7 Å². The Morgan fingerprint density at radius 1 is 1.30 bits per heavy atom. The van der Waals surface area contributed by atoms with Gasteiger partial charge in [-0.1, -0.05) is 12.8 Å². The van der Waals surface area contributed by atoms with E-state index >= 15 is 0 Å². The zero-order valence-corrected chi connectivity index (χ0v) is 12.7. The minimum Gasteiger partial charge on any atom is -0.334 e. The zero-order chi connectivity index (χ0) is 16.2. The van der Waals surface area contributed by atoms with Gasteiger partial charge >= 0.3 is 6.18 Å². The van der Waals surface area contributed by atoms with Crippen LogP contribution in [-0.4, -0.2) is 39.5 Å². The minimum atomic E-state index is -4.45. The van der Waals surface area contributed by atoms with E-state index in [1.54, 1.807) is 4.90 Å². The monoisotopic (exact) mass is 328 g/mol. The Balaban J connectivity index is 1.50. The lowest BCUT2D eigenvalue weighted by molar-refractivity contribution is -0.148. The second-order valence-electron chi connectivity index (χ2n) is 6.87. The maximum absolute atomic E-state index is 12.9. The Morgan fingerprint density at radius 2 is 2.04 bits per heavy atom. The highest BCUT2D eigenvalue weighted by molar-refractivity contribution is 5.84. The highest BCUT2D eigenvalue weighted by Gasteiger charge is 2.53. The van der Waals surface area contributed by atoms with Crippen LogP contribution >= 0.6 is 0 Å². The number of hydrogen-bond acceptors (Lipinski definition) is 3. The fourth-order valence-electron chi connectivity index (χ4n) is 4.27. The molecule has 2 fully saturated rings. The highest BCUT2D eigenvalue weighted by Crippen LogP contribution is 2.46. The molecule has 1 saturated heterocycles. The molecule has 0 radical (unpaired) electrons. The summed E-state index contributed by atoms with van der Waals surface area (Å²) in [6, 6.07) is -0.165. The van der Waals surface area contributed by atoms with Crippen LogP contribution in [0.2, 0.25) is 0 Å². The van der Waals surface area contributed by atoms with E-state index in [4.69, 9.17) is 0 Å². The van der Waals surface area contributed by atoms with Gasteiger partial charge in [0.1, 0.15) is 0 Å². The number of nitrogens with zero attached hydrogens (tertiary/aromatic N) is 3. The summed E-state index contributed by atoms with van der Waals surface area (Å²) in [7, 11) is 0. The Labute approximate surface area is 131 Å². The average Bonchev–Trinajstić information content (AvgIpc) is 3.13. The van der Waals surface area contributed by atoms with Gasteiger partial charge in [-0.05, 0) is 12.8 Å². The number of hydrogen-bond donors (Lipinski definition) is 1. The van der Waals surface area contributed by atoms with Crippen molar-refractivity contribution in [3.8, 4) is 0 Å². The van der Waals surface area contributed by atoms with Crippen molar-refractivity contribution in [3.63, 3.8) is 0 Å². The molecule has 8 heteroatoms. The smallest absolute Gasteiger partial charge is 0.334 e. The first-order chi connectivity index (χ1) is 10.9. The highest BCUT2D eigenvalue weighted by atomic mass is 19.4. The summed E-state index contributed by atoms with van der Waals surface area (Å²) in [6.45, 7) is 1.54. The molecule has 23 heavy (non-hydrogen) atoms. The number of aromatic nitrogens is 2. The summed E-state index contributed by atoms with van der Waals surface area (Å²) in [5, 5.41) is 3.24. The van der Waals surface area contributed by atoms with Crippen LogP contribution in [0.25, 0.3) is 0 Å². The van der Waals surface area contributed by atoms with Gasteiger partial charge < -0.3 is 14.8 Å². The second-order valence-corrected chi connectivity index (χ2v) is 6.87. The van der Waals surface area contributed by atoms with Crippen LogP contribution in [0.3, 0.4) is 0 Å². The Morgan fingerprint density at radius 3 is 2.65 bits per heavy atom. The normalized spacial score (nSPS) is 26.2. The van der Waals surface area contributed by atoms with Gasteiger partial charge in [-0.3, -0.25) is 4.79 Å². The van der Waals surface area contributed by atoms with Gasteiger partial charge in [0.15, 0.2) is 0 Å². The fraction of sp³-hybridized carbons (Fsp3) is 0.733. The van der Waals surface area contributed by atoms with Crippen molar-refractivity contribution in [3.05, 3.63) is 17.7 Å². The number of fused-ring (bicyclic) bond motifs is 1. The molecule has 1 aliphatic carbocycles. The molecular formula is C15H19F3N4O. The van der Waals surface area contributed by atoms with Crippen molar-refractivity contribution in [2.75, 3.05) is 13.1 Å². The number of carbonyl (C=O) groups excluding carboxylic acids is 1. The molecule has 1 aromatic heterocycles. The van der Waals surface area contributed by atoms with Crippen LogP contribution < -0.4 is 5.32 Å². The summed E-state index contributed by atoms with van der Waals surface area (Å²) >= 11 is 0. The van der Waals surface area contributed by atoms with Crippen molar-refractivity contribution in [1.29, 1.82) is 0 Å². The number of rotatable bonds is 1. The molecule has 4 rings (SSSR count). The molecular weight excluding hydrogens is 309 g/mol. The summed E-state index contributed by atoms with van der Waals surface area (Å²) < 4.78 is 39.8. The number of nitrogens with one attached hydrogen (secondary N) is 1. The molecule has 0 aromatic carbocycles. The topological polar surface area (TPSA) is 50.2 Å². The molecule has 1 amide bonds. The van der Waals surface area contributed by atoms with Crippen LogP contribution in [0.5, 0.6) is 0 Å². The van der Waals surface area contributed by atoms with Crippen LogP contribution in [0, 0.1) is 5.41 Å². The Kier molecular flexibility index (Phi) is 3.23. The van der Waals surface area contributed by atoms with Crippen LogP contribution in [0.1, 0.15) is 37.2 Å². The first-order valence-corrected chi connectivity index (χ1v) is 8.04. The lowest BCUT2D eigenvalue weighted by Crippen LogP contribution is -2.67. The molecule has 3 heterocycles. The number of halogens is 3. The molecule has 1 aromatic rings. The molecule has 1 unspecified atom stereocenters. The van der Waals surface area contributed by atoms with Crippen molar-refractivity contribution in [2.24, 2.45) is 5.41 Å². The van der Waals surface area contributed by atoms with E-state index in [0.29, 0.717) is 12.2 Å². The Bertz CT molecular complexity index is 633. The number of amides is 1. The summed E-state index contributed by atoms with van der Waals surface area (Å²) in [5.41, 5.74) is 0.544. The van der Waals surface area contributed by atoms with E-state index < -0.39 is 12.0 Å². The first kappa shape index (κ1) is 15.0. The van der Waals surface area contributed by atoms with Gasteiger partial charge in [-0.25, -0.2) is 4.98 Å². The van der Waals surface area contributed by atoms with Crippen LogP contribution in [0.4, 0.5) is 13.2 Å². The van der Waals surface area contributed by atoms with Crippen LogP contribution in [0.15, 0.2) is 6.20 Å². The van der Waals surface area contributed by atoms with E-state index in [1.807, 2.05) is 0 Å². The molecule has 5 nitrogen and oxygen atoms in total. The molecule has 2 aliphatic heterocycles. The van der Waals surface area contributed by atoms with Gasteiger partial charge in [-0.2, -0.15) is 13.2 Å². The van der Waals surface area contributed by atoms with E-state index in [9.17, 15) is 18.0 Å².